The highest BCUT2D eigenvalue weighted by Gasteiger charge is 2.23. The van der Waals surface area contributed by atoms with Crippen molar-refractivity contribution in [3.63, 3.8) is 0 Å². The van der Waals surface area contributed by atoms with Crippen LogP contribution in [0.4, 0.5) is 0 Å². The third-order valence-electron chi connectivity index (χ3n) is 3.37. The number of carboxylic acid groups (broad SMARTS) is 1. The lowest BCUT2D eigenvalue weighted by Crippen LogP contribution is -2.40. The Balaban J connectivity index is 2.25. The first kappa shape index (κ1) is 16.6. The maximum Gasteiger partial charge on any atom is 0.326 e. The van der Waals surface area contributed by atoms with Crippen LogP contribution in [0.3, 0.4) is 0 Å². The number of H-pyrrole nitrogens is 1. The maximum atomic E-state index is 12.3. The third-order valence-corrected chi connectivity index (χ3v) is 4.00. The molecule has 1 aromatic heterocycles. The fourth-order valence-electron chi connectivity index (χ4n) is 2.18. The van der Waals surface area contributed by atoms with Crippen LogP contribution >= 0.6 is 23.2 Å². The fraction of sp³-hybridized carbons (Fsp3) is 0.333. The van der Waals surface area contributed by atoms with Crippen molar-refractivity contribution in [2.45, 2.75) is 32.2 Å². The van der Waals surface area contributed by atoms with E-state index in [-0.39, 0.29) is 10.7 Å². The highest BCUT2D eigenvalue weighted by Crippen LogP contribution is 2.29. The van der Waals surface area contributed by atoms with Crippen molar-refractivity contribution in [1.29, 1.82) is 0 Å². The molecule has 0 aliphatic heterocycles. The molecule has 3 N–H and O–H groups in total. The number of aromatic amines is 1. The van der Waals surface area contributed by atoms with E-state index in [9.17, 15) is 9.59 Å². The largest absolute Gasteiger partial charge is 0.480 e. The molecule has 0 saturated carbocycles. The van der Waals surface area contributed by atoms with Crippen LogP contribution in [0.25, 0.3) is 10.9 Å². The summed E-state index contributed by atoms with van der Waals surface area (Å²) < 4.78 is 0. The number of fused-ring (bicyclic) bond motifs is 1. The number of carbonyl (C=O) groups is 2. The molecule has 0 aliphatic carbocycles. The Labute approximate surface area is 137 Å². The lowest BCUT2D eigenvalue weighted by atomic mass is 10.1. The normalized spacial score (nSPS) is 12.3. The molecule has 1 heterocycles. The summed E-state index contributed by atoms with van der Waals surface area (Å²) in [5, 5.41) is 13.0. The number of aliphatic carboxylic acids is 1. The minimum Gasteiger partial charge on any atom is -0.480 e. The van der Waals surface area contributed by atoms with E-state index in [2.05, 4.69) is 10.3 Å². The zero-order valence-corrected chi connectivity index (χ0v) is 13.5. The highest BCUT2D eigenvalue weighted by molar-refractivity contribution is 6.39. The number of aromatic nitrogens is 1. The van der Waals surface area contributed by atoms with Crippen LogP contribution in [-0.4, -0.2) is 28.0 Å². The molecule has 118 valence electrons. The number of hydrogen-bond acceptors (Lipinski definition) is 2. The van der Waals surface area contributed by atoms with E-state index in [0.717, 1.165) is 6.42 Å². The van der Waals surface area contributed by atoms with Gasteiger partial charge in [0.05, 0.1) is 5.02 Å². The maximum absolute atomic E-state index is 12.3. The monoisotopic (exact) mass is 342 g/mol. The van der Waals surface area contributed by atoms with Gasteiger partial charge in [0.1, 0.15) is 11.7 Å². The van der Waals surface area contributed by atoms with Crippen LogP contribution in [0.5, 0.6) is 0 Å². The van der Waals surface area contributed by atoms with E-state index in [0.29, 0.717) is 28.8 Å². The molecule has 1 atom stereocenters. The Bertz CT molecular complexity index is 712. The minimum absolute atomic E-state index is 0.140. The van der Waals surface area contributed by atoms with Gasteiger partial charge in [0.25, 0.3) is 5.91 Å². The molecule has 0 spiro atoms. The lowest BCUT2D eigenvalue weighted by Gasteiger charge is -2.13. The van der Waals surface area contributed by atoms with E-state index in [4.69, 9.17) is 28.3 Å². The number of carbonyl (C=O) groups excluding carboxylic acids is 1. The first-order chi connectivity index (χ1) is 10.4. The van der Waals surface area contributed by atoms with Gasteiger partial charge in [-0.15, -0.1) is 0 Å². The summed E-state index contributed by atoms with van der Waals surface area (Å²) in [5.41, 5.74) is 0.807. The lowest BCUT2D eigenvalue weighted by molar-refractivity contribution is -0.139. The van der Waals surface area contributed by atoms with Crippen LogP contribution in [0.1, 0.15) is 36.7 Å². The number of benzene rings is 1. The molecule has 7 heteroatoms. The Hall–Kier alpha value is -1.72. The Morgan fingerprint density at radius 1 is 1.36 bits per heavy atom. The van der Waals surface area contributed by atoms with Crippen LogP contribution < -0.4 is 5.32 Å². The van der Waals surface area contributed by atoms with Crippen LogP contribution in [0.15, 0.2) is 18.2 Å². The number of carboxylic acids is 1. The first-order valence-corrected chi connectivity index (χ1v) is 7.70. The van der Waals surface area contributed by atoms with Crippen molar-refractivity contribution < 1.29 is 14.7 Å². The second kappa shape index (κ2) is 7.03. The summed E-state index contributed by atoms with van der Waals surface area (Å²) in [4.78, 5) is 26.4. The van der Waals surface area contributed by atoms with E-state index in [1.807, 2.05) is 6.92 Å². The quantitative estimate of drug-likeness (QED) is 0.745. The van der Waals surface area contributed by atoms with E-state index < -0.39 is 17.9 Å². The van der Waals surface area contributed by atoms with Crippen molar-refractivity contribution in [2.75, 3.05) is 0 Å². The molecule has 0 saturated heterocycles. The van der Waals surface area contributed by atoms with Gasteiger partial charge in [-0.2, -0.15) is 0 Å². The van der Waals surface area contributed by atoms with Gasteiger partial charge in [0.2, 0.25) is 0 Å². The molecule has 1 aromatic carbocycles. The second-order valence-electron chi connectivity index (χ2n) is 5.01. The predicted octanol–water partition coefficient (Wildman–Crippen LogP) is 3.85. The topological polar surface area (TPSA) is 82.2 Å². The molecular formula is C15H16Cl2N2O3. The zero-order chi connectivity index (χ0) is 16.3. The molecule has 2 aromatic rings. The van der Waals surface area contributed by atoms with E-state index in [1.165, 1.54) is 0 Å². The van der Waals surface area contributed by atoms with Crippen LogP contribution in [0, 0.1) is 0 Å². The van der Waals surface area contributed by atoms with Gasteiger partial charge in [-0.25, -0.2) is 4.79 Å². The number of rotatable bonds is 6. The summed E-state index contributed by atoms with van der Waals surface area (Å²) in [6.07, 6.45) is 1.94. The number of amides is 1. The van der Waals surface area contributed by atoms with Gasteiger partial charge < -0.3 is 15.4 Å². The molecular weight excluding hydrogens is 327 g/mol. The van der Waals surface area contributed by atoms with E-state index in [1.54, 1.807) is 18.2 Å². The van der Waals surface area contributed by atoms with Crippen molar-refractivity contribution in [3.8, 4) is 0 Å². The second-order valence-corrected chi connectivity index (χ2v) is 5.82. The van der Waals surface area contributed by atoms with Crippen LogP contribution in [0.2, 0.25) is 10.0 Å². The first-order valence-electron chi connectivity index (χ1n) is 6.94. The molecule has 0 radical (unpaired) electrons. The number of hydrogen-bond donors (Lipinski definition) is 3. The van der Waals surface area contributed by atoms with Crippen molar-refractivity contribution in [2.24, 2.45) is 0 Å². The SMILES string of the molecule is CCCC[C@H](NC(=O)c1[nH]c2ccc(Cl)cc2c1Cl)C(=O)O. The number of nitrogens with one attached hydrogen (secondary N) is 2. The van der Waals surface area contributed by atoms with Gasteiger partial charge in [-0.3, -0.25) is 4.79 Å². The predicted molar refractivity (Wildman–Crippen MR) is 86.7 cm³/mol. The molecule has 5 nitrogen and oxygen atoms in total. The minimum atomic E-state index is -1.06. The zero-order valence-electron chi connectivity index (χ0n) is 12.0. The van der Waals surface area contributed by atoms with Gasteiger partial charge in [-0.05, 0) is 24.6 Å². The van der Waals surface area contributed by atoms with Crippen LogP contribution in [-0.2, 0) is 4.79 Å². The fourth-order valence-corrected chi connectivity index (χ4v) is 2.65. The van der Waals surface area contributed by atoms with Gasteiger partial charge in [-0.1, -0.05) is 43.0 Å². The molecule has 22 heavy (non-hydrogen) atoms. The van der Waals surface area contributed by atoms with Gasteiger partial charge in [0, 0.05) is 15.9 Å². The Morgan fingerprint density at radius 2 is 2.09 bits per heavy atom. The summed E-state index contributed by atoms with van der Waals surface area (Å²) in [6, 6.07) is 4.11. The standard InChI is InChI=1S/C15H16Cl2N2O3/c1-2-3-4-11(15(21)22)19-14(20)13-12(17)9-7-8(16)5-6-10(9)18-13/h5-7,11,18H,2-4H2,1H3,(H,19,20)(H,21,22)/t11-/m0/s1. The summed E-state index contributed by atoms with van der Waals surface area (Å²) in [7, 11) is 0. The average Bonchev–Trinajstić information content (AvgIpc) is 2.80. The molecule has 2 rings (SSSR count). The highest BCUT2D eigenvalue weighted by atomic mass is 35.5. The van der Waals surface area contributed by atoms with Gasteiger partial charge >= 0.3 is 5.97 Å². The number of halogens is 2. The molecule has 0 aliphatic rings. The third kappa shape index (κ3) is 3.54. The molecule has 0 unspecified atom stereocenters. The Morgan fingerprint density at radius 3 is 2.73 bits per heavy atom. The molecule has 0 fully saturated rings. The van der Waals surface area contributed by atoms with Crippen molar-refractivity contribution in [1.82, 2.24) is 10.3 Å². The Kier molecular flexibility index (Phi) is 5.32. The molecule has 0 bridgehead atoms. The van der Waals surface area contributed by atoms with Crippen molar-refractivity contribution >= 4 is 46.0 Å². The number of unbranched alkanes of at least 4 members (excludes halogenated alkanes) is 1. The smallest absolute Gasteiger partial charge is 0.326 e. The van der Waals surface area contributed by atoms with E-state index >= 15 is 0 Å². The summed E-state index contributed by atoms with van der Waals surface area (Å²) in [5.74, 6) is -1.60. The van der Waals surface area contributed by atoms with Gasteiger partial charge in [0.15, 0.2) is 0 Å². The summed E-state index contributed by atoms with van der Waals surface area (Å²) in [6.45, 7) is 1.96. The average molecular weight is 343 g/mol. The van der Waals surface area contributed by atoms with Crippen molar-refractivity contribution in [3.05, 3.63) is 33.9 Å². The summed E-state index contributed by atoms with van der Waals surface area (Å²) >= 11 is 12.1. The molecule has 1 amide bonds.